The molecular weight excluding hydrogens is 308 g/mol. The third-order valence-corrected chi connectivity index (χ3v) is 3.77. The summed E-state index contributed by atoms with van der Waals surface area (Å²) in [7, 11) is 4.66. The first-order valence-electron chi connectivity index (χ1n) is 7.43. The highest BCUT2D eigenvalue weighted by Gasteiger charge is 2.27. The van der Waals surface area contributed by atoms with Crippen molar-refractivity contribution in [2.75, 3.05) is 26.3 Å². The molecule has 0 fully saturated rings. The van der Waals surface area contributed by atoms with E-state index in [2.05, 4.69) is 5.10 Å². The van der Waals surface area contributed by atoms with E-state index in [0.29, 0.717) is 23.0 Å². The van der Waals surface area contributed by atoms with Gasteiger partial charge in [0.1, 0.15) is 0 Å². The van der Waals surface area contributed by atoms with E-state index in [1.54, 1.807) is 33.5 Å². The second-order valence-corrected chi connectivity index (χ2v) is 5.18. The Balaban J connectivity index is 2.02. The van der Waals surface area contributed by atoms with Gasteiger partial charge in [0.2, 0.25) is 5.75 Å². The summed E-state index contributed by atoms with van der Waals surface area (Å²) in [6.07, 6.45) is 0.216. The van der Waals surface area contributed by atoms with Gasteiger partial charge < -0.3 is 14.2 Å². The van der Waals surface area contributed by atoms with Crippen molar-refractivity contribution in [3.05, 3.63) is 48.0 Å². The zero-order valence-electron chi connectivity index (χ0n) is 13.8. The van der Waals surface area contributed by atoms with Gasteiger partial charge in [0.15, 0.2) is 11.5 Å². The lowest BCUT2D eigenvalue weighted by Crippen LogP contribution is -2.19. The number of carbonyl (C=O) groups excluding carboxylic acids is 1. The largest absolute Gasteiger partial charge is 0.493 e. The maximum absolute atomic E-state index is 12.3. The van der Waals surface area contributed by atoms with Gasteiger partial charge in [-0.25, -0.2) is 5.01 Å². The number of amides is 1. The predicted molar refractivity (Wildman–Crippen MR) is 91.2 cm³/mol. The van der Waals surface area contributed by atoms with E-state index in [1.165, 1.54) is 5.01 Å². The average Bonchev–Trinajstić information content (AvgIpc) is 3.02. The quantitative estimate of drug-likeness (QED) is 0.848. The minimum absolute atomic E-state index is 0.0787. The van der Waals surface area contributed by atoms with Gasteiger partial charge in [-0.05, 0) is 24.3 Å². The molecule has 0 aliphatic carbocycles. The molecule has 1 amide bonds. The average molecular weight is 326 g/mol. The topological polar surface area (TPSA) is 60.4 Å². The fraction of sp³-hybridized carbons (Fsp3) is 0.222. The van der Waals surface area contributed by atoms with Crippen molar-refractivity contribution in [3.63, 3.8) is 0 Å². The van der Waals surface area contributed by atoms with Gasteiger partial charge >= 0.3 is 0 Å². The van der Waals surface area contributed by atoms with Crippen LogP contribution in [0.3, 0.4) is 0 Å². The number of ether oxygens (including phenoxy) is 3. The SMILES string of the molecule is COc1cc(C2=NN(c3ccccc3)C(=O)C2)cc(OC)c1OC. The first-order chi connectivity index (χ1) is 11.7. The van der Waals surface area contributed by atoms with E-state index in [0.717, 1.165) is 11.3 Å². The molecule has 2 aromatic carbocycles. The van der Waals surface area contributed by atoms with Crippen LogP contribution >= 0.6 is 0 Å². The van der Waals surface area contributed by atoms with Crippen LogP contribution < -0.4 is 19.2 Å². The molecule has 24 heavy (non-hydrogen) atoms. The second kappa shape index (κ2) is 6.62. The molecule has 2 aromatic rings. The summed E-state index contributed by atoms with van der Waals surface area (Å²) in [4.78, 5) is 12.3. The summed E-state index contributed by atoms with van der Waals surface area (Å²) in [6.45, 7) is 0. The minimum atomic E-state index is -0.0787. The molecule has 0 radical (unpaired) electrons. The van der Waals surface area contributed by atoms with E-state index in [-0.39, 0.29) is 12.3 Å². The highest BCUT2D eigenvalue weighted by Crippen LogP contribution is 2.39. The van der Waals surface area contributed by atoms with E-state index in [1.807, 2.05) is 30.3 Å². The number of hydrazone groups is 1. The lowest BCUT2D eigenvalue weighted by molar-refractivity contribution is -0.116. The Kier molecular flexibility index (Phi) is 4.37. The van der Waals surface area contributed by atoms with Crippen molar-refractivity contribution in [1.29, 1.82) is 0 Å². The monoisotopic (exact) mass is 326 g/mol. The predicted octanol–water partition coefficient (Wildman–Crippen LogP) is 2.85. The van der Waals surface area contributed by atoms with Crippen molar-refractivity contribution in [2.45, 2.75) is 6.42 Å². The highest BCUT2D eigenvalue weighted by molar-refractivity contribution is 6.19. The Morgan fingerprint density at radius 2 is 1.58 bits per heavy atom. The van der Waals surface area contributed by atoms with Crippen LogP contribution in [0.2, 0.25) is 0 Å². The molecule has 0 unspecified atom stereocenters. The fourth-order valence-electron chi connectivity index (χ4n) is 2.61. The van der Waals surface area contributed by atoms with Gasteiger partial charge in [-0.1, -0.05) is 18.2 Å². The Hall–Kier alpha value is -3.02. The third-order valence-electron chi connectivity index (χ3n) is 3.77. The van der Waals surface area contributed by atoms with E-state index in [4.69, 9.17) is 14.2 Å². The first kappa shape index (κ1) is 15.9. The molecular formula is C18H18N2O4. The van der Waals surface area contributed by atoms with Gasteiger partial charge in [-0.3, -0.25) is 4.79 Å². The van der Waals surface area contributed by atoms with Crippen LogP contribution in [0.25, 0.3) is 0 Å². The first-order valence-corrected chi connectivity index (χ1v) is 7.43. The zero-order chi connectivity index (χ0) is 17.1. The van der Waals surface area contributed by atoms with Crippen molar-refractivity contribution in [1.82, 2.24) is 0 Å². The number of benzene rings is 2. The standard InChI is InChI=1S/C18H18N2O4/c1-22-15-9-12(10-16(23-2)18(15)24-3)14-11-17(21)20(19-14)13-7-5-4-6-8-13/h4-10H,11H2,1-3H3. The maximum Gasteiger partial charge on any atom is 0.253 e. The number of para-hydroxylation sites is 1. The molecule has 6 heteroatoms. The van der Waals surface area contributed by atoms with Crippen LogP contribution in [-0.4, -0.2) is 32.9 Å². The Bertz CT molecular complexity index is 762. The van der Waals surface area contributed by atoms with Crippen molar-refractivity contribution < 1.29 is 19.0 Å². The van der Waals surface area contributed by atoms with Gasteiger partial charge in [-0.2, -0.15) is 5.10 Å². The van der Waals surface area contributed by atoms with Gasteiger partial charge in [-0.15, -0.1) is 0 Å². The summed E-state index contributed by atoms with van der Waals surface area (Å²) in [6, 6.07) is 12.9. The molecule has 0 atom stereocenters. The number of rotatable bonds is 5. The number of anilines is 1. The number of nitrogens with zero attached hydrogens (tertiary/aromatic N) is 2. The van der Waals surface area contributed by atoms with Crippen LogP contribution in [0.1, 0.15) is 12.0 Å². The molecule has 0 bridgehead atoms. The van der Waals surface area contributed by atoms with E-state index in [9.17, 15) is 4.79 Å². The lowest BCUT2D eigenvalue weighted by atomic mass is 10.1. The van der Waals surface area contributed by atoms with Crippen LogP contribution in [0.15, 0.2) is 47.6 Å². The highest BCUT2D eigenvalue weighted by atomic mass is 16.5. The van der Waals surface area contributed by atoms with Crippen LogP contribution in [0.5, 0.6) is 17.2 Å². The summed E-state index contributed by atoms with van der Waals surface area (Å²) >= 11 is 0. The van der Waals surface area contributed by atoms with E-state index >= 15 is 0 Å². The van der Waals surface area contributed by atoms with Gasteiger partial charge in [0.25, 0.3) is 5.91 Å². The summed E-state index contributed by atoms with van der Waals surface area (Å²) < 4.78 is 16.0. The molecule has 0 aromatic heterocycles. The molecule has 0 saturated heterocycles. The van der Waals surface area contributed by atoms with Crippen LogP contribution in [-0.2, 0) is 4.79 Å². The second-order valence-electron chi connectivity index (χ2n) is 5.18. The smallest absolute Gasteiger partial charge is 0.253 e. The third kappa shape index (κ3) is 2.78. The summed E-state index contributed by atoms with van der Waals surface area (Å²) in [5.74, 6) is 1.49. The van der Waals surface area contributed by atoms with Gasteiger partial charge in [0.05, 0.1) is 39.1 Å². The fourth-order valence-corrected chi connectivity index (χ4v) is 2.61. The van der Waals surface area contributed by atoms with Crippen LogP contribution in [0.4, 0.5) is 5.69 Å². The molecule has 0 spiro atoms. The van der Waals surface area contributed by atoms with Crippen molar-refractivity contribution >= 4 is 17.3 Å². The lowest BCUT2D eigenvalue weighted by Gasteiger charge is -2.13. The number of hydrogen-bond donors (Lipinski definition) is 0. The molecule has 3 rings (SSSR count). The normalized spacial score (nSPS) is 13.7. The Morgan fingerprint density at radius 1 is 0.958 bits per heavy atom. The zero-order valence-corrected chi connectivity index (χ0v) is 13.8. The van der Waals surface area contributed by atoms with E-state index < -0.39 is 0 Å². The molecule has 124 valence electrons. The molecule has 0 saturated carbocycles. The molecule has 1 heterocycles. The Labute approximate surface area is 140 Å². The molecule has 1 aliphatic rings. The maximum atomic E-state index is 12.3. The Morgan fingerprint density at radius 3 is 2.12 bits per heavy atom. The summed E-state index contributed by atoms with van der Waals surface area (Å²) in [5.41, 5.74) is 2.16. The number of carbonyl (C=O) groups is 1. The van der Waals surface area contributed by atoms with Crippen molar-refractivity contribution in [2.24, 2.45) is 5.10 Å². The minimum Gasteiger partial charge on any atom is -0.493 e. The number of methoxy groups -OCH3 is 3. The van der Waals surface area contributed by atoms with Gasteiger partial charge in [0, 0.05) is 5.56 Å². The summed E-state index contributed by atoms with van der Waals surface area (Å²) in [5, 5.41) is 5.88. The molecule has 1 aliphatic heterocycles. The molecule has 0 N–H and O–H groups in total. The van der Waals surface area contributed by atoms with Crippen molar-refractivity contribution in [3.8, 4) is 17.2 Å². The van der Waals surface area contributed by atoms with Crippen LogP contribution in [0, 0.1) is 0 Å². The number of hydrogen-bond acceptors (Lipinski definition) is 5. The molecule has 6 nitrogen and oxygen atoms in total.